The molecular formula is C9H14N2O2. The summed E-state index contributed by atoms with van der Waals surface area (Å²) in [6, 6.07) is 0. The molecule has 0 aliphatic carbocycles. The molecule has 1 aromatic rings. The fraction of sp³-hybridized carbons (Fsp3) is 0.556. The Balaban J connectivity index is 2.93. The first-order chi connectivity index (χ1) is 6.02. The second kappa shape index (κ2) is 3.60. The van der Waals surface area contributed by atoms with Crippen molar-refractivity contribution >= 4 is 5.97 Å². The Kier molecular flexibility index (Phi) is 2.70. The minimum Gasteiger partial charge on any atom is -0.476 e. The number of carbonyl (C=O) groups is 1. The molecule has 1 aromatic heterocycles. The predicted molar refractivity (Wildman–Crippen MR) is 48.8 cm³/mol. The van der Waals surface area contributed by atoms with Gasteiger partial charge in [0.15, 0.2) is 5.69 Å². The summed E-state index contributed by atoms with van der Waals surface area (Å²) in [4.78, 5) is 10.6. The molecule has 0 spiro atoms. The van der Waals surface area contributed by atoms with Crippen molar-refractivity contribution in [3.05, 3.63) is 17.0 Å². The average Bonchev–Trinajstić information content (AvgIpc) is 2.32. The van der Waals surface area contributed by atoms with Gasteiger partial charge in [-0.2, -0.15) is 5.10 Å². The molecule has 0 unspecified atom stereocenters. The molecule has 13 heavy (non-hydrogen) atoms. The number of aromatic amines is 1. The van der Waals surface area contributed by atoms with Crippen LogP contribution in [0.2, 0.25) is 0 Å². The van der Waals surface area contributed by atoms with Gasteiger partial charge in [0.05, 0.1) is 0 Å². The first-order valence-corrected chi connectivity index (χ1v) is 4.29. The standard InChI is InChI=1S/C9H14N2O2/c1-5(2)4-7-6(3)8(9(12)13)11-10-7/h5H,4H2,1-3H3,(H,10,11)(H,12,13). The number of aromatic nitrogens is 2. The quantitative estimate of drug-likeness (QED) is 0.746. The highest BCUT2D eigenvalue weighted by atomic mass is 16.4. The van der Waals surface area contributed by atoms with Crippen molar-refractivity contribution in [2.75, 3.05) is 0 Å². The molecule has 2 N–H and O–H groups in total. The van der Waals surface area contributed by atoms with E-state index in [0.717, 1.165) is 17.7 Å². The number of aromatic carboxylic acids is 1. The molecule has 0 saturated carbocycles. The Morgan fingerprint density at radius 1 is 1.62 bits per heavy atom. The van der Waals surface area contributed by atoms with Gasteiger partial charge in [-0.3, -0.25) is 5.10 Å². The molecule has 1 heterocycles. The van der Waals surface area contributed by atoms with Crippen LogP contribution in [0.1, 0.15) is 35.6 Å². The molecule has 0 fully saturated rings. The monoisotopic (exact) mass is 182 g/mol. The van der Waals surface area contributed by atoms with Gasteiger partial charge in [-0.15, -0.1) is 0 Å². The molecule has 4 heteroatoms. The van der Waals surface area contributed by atoms with Crippen LogP contribution in [0.5, 0.6) is 0 Å². The van der Waals surface area contributed by atoms with Gasteiger partial charge in [0, 0.05) is 11.3 Å². The van der Waals surface area contributed by atoms with Crippen LogP contribution in [0, 0.1) is 12.8 Å². The summed E-state index contributed by atoms with van der Waals surface area (Å²) in [6.07, 6.45) is 0.839. The molecule has 1 rings (SSSR count). The molecular weight excluding hydrogens is 168 g/mol. The van der Waals surface area contributed by atoms with Gasteiger partial charge in [-0.25, -0.2) is 4.79 Å². The van der Waals surface area contributed by atoms with Crippen LogP contribution >= 0.6 is 0 Å². The van der Waals surface area contributed by atoms with Crippen LogP contribution in [0.15, 0.2) is 0 Å². The van der Waals surface area contributed by atoms with Crippen molar-refractivity contribution in [2.24, 2.45) is 5.92 Å². The summed E-state index contributed by atoms with van der Waals surface area (Å²) in [5.74, 6) is -0.468. The van der Waals surface area contributed by atoms with E-state index < -0.39 is 5.97 Å². The number of hydrogen-bond acceptors (Lipinski definition) is 2. The topological polar surface area (TPSA) is 66.0 Å². The minimum absolute atomic E-state index is 0.135. The maximum atomic E-state index is 10.6. The summed E-state index contributed by atoms with van der Waals surface area (Å²) in [7, 11) is 0. The SMILES string of the molecule is Cc1c(C(=O)O)n[nH]c1CC(C)C. The molecule has 0 atom stereocenters. The van der Waals surface area contributed by atoms with E-state index in [4.69, 9.17) is 5.11 Å². The van der Waals surface area contributed by atoms with Gasteiger partial charge in [-0.1, -0.05) is 13.8 Å². The summed E-state index contributed by atoms with van der Waals surface area (Å²) < 4.78 is 0. The van der Waals surface area contributed by atoms with Crippen LogP contribution in [-0.4, -0.2) is 21.3 Å². The van der Waals surface area contributed by atoms with Gasteiger partial charge in [-0.05, 0) is 19.3 Å². The molecule has 4 nitrogen and oxygen atoms in total. The highest BCUT2D eigenvalue weighted by Crippen LogP contribution is 2.13. The van der Waals surface area contributed by atoms with Crippen LogP contribution in [0.3, 0.4) is 0 Å². The largest absolute Gasteiger partial charge is 0.476 e. The average molecular weight is 182 g/mol. The van der Waals surface area contributed by atoms with Gasteiger partial charge < -0.3 is 5.11 Å². The predicted octanol–water partition coefficient (Wildman–Crippen LogP) is 1.61. The van der Waals surface area contributed by atoms with Crippen molar-refractivity contribution in [2.45, 2.75) is 27.2 Å². The maximum absolute atomic E-state index is 10.6. The van der Waals surface area contributed by atoms with Crippen LogP contribution in [-0.2, 0) is 6.42 Å². The lowest BCUT2D eigenvalue weighted by molar-refractivity contribution is 0.0689. The minimum atomic E-state index is -0.969. The lowest BCUT2D eigenvalue weighted by Crippen LogP contribution is -2.00. The summed E-state index contributed by atoms with van der Waals surface area (Å²) in [6.45, 7) is 5.95. The smallest absolute Gasteiger partial charge is 0.356 e. The van der Waals surface area contributed by atoms with E-state index in [1.54, 1.807) is 6.92 Å². The molecule has 0 bridgehead atoms. The zero-order chi connectivity index (χ0) is 10.0. The van der Waals surface area contributed by atoms with E-state index in [1.807, 2.05) is 0 Å². The van der Waals surface area contributed by atoms with E-state index in [0.29, 0.717) is 5.92 Å². The number of H-pyrrole nitrogens is 1. The zero-order valence-electron chi connectivity index (χ0n) is 8.09. The second-order valence-electron chi connectivity index (χ2n) is 3.58. The molecule has 0 aliphatic heterocycles. The normalized spacial score (nSPS) is 10.8. The fourth-order valence-electron chi connectivity index (χ4n) is 1.25. The van der Waals surface area contributed by atoms with Crippen LogP contribution in [0.25, 0.3) is 0 Å². The number of nitrogens with one attached hydrogen (secondary N) is 1. The van der Waals surface area contributed by atoms with Gasteiger partial charge in [0.2, 0.25) is 0 Å². The summed E-state index contributed by atoms with van der Waals surface area (Å²) >= 11 is 0. The Labute approximate surface area is 77.0 Å². The van der Waals surface area contributed by atoms with Crippen molar-refractivity contribution in [1.29, 1.82) is 0 Å². The Morgan fingerprint density at radius 2 is 2.23 bits per heavy atom. The Hall–Kier alpha value is -1.32. The Morgan fingerprint density at radius 3 is 2.62 bits per heavy atom. The molecule has 0 radical (unpaired) electrons. The fourth-order valence-corrected chi connectivity index (χ4v) is 1.25. The second-order valence-corrected chi connectivity index (χ2v) is 3.58. The van der Waals surface area contributed by atoms with Gasteiger partial charge >= 0.3 is 5.97 Å². The number of carboxylic acid groups (broad SMARTS) is 1. The third kappa shape index (κ3) is 2.08. The molecule has 0 amide bonds. The highest BCUT2D eigenvalue weighted by Gasteiger charge is 2.15. The maximum Gasteiger partial charge on any atom is 0.356 e. The molecule has 0 saturated heterocycles. The summed E-state index contributed by atoms with van der Waals surface area (Å²) in [5.41, 5.74) is 1.81. The highest BCUT2D eigenvalue weighted by molar-refractivity contribution is 5.87. The number of hydrogen-bond donors (Lipinski definition) is 2. The van der Waals surface area contributed by atoms with Crippen molar-refractivity contribution in [1.82, 2.24) is 10.2 Å². The van der Waals surface area contributed by atoms with E-state index in [9.17, 15) is 4.79 Å². The van der Waals surface area contributed by atoms with E-state index >= 15 is 0 Å². The van der Waals surface area contributed by atoms with Gasteiger partial charge in [0.25, 0.3) is 0 Å². The number of nitrogens with zero attached hydrogens (tertiary/aromatic N) is 1. The lowest BCUT2D eigenvalue weighted by atomic mass is 10.0. The number of rotatable bonds is 3. The summed E-state index contributed by atoms with van der Waals surface area (Å²) in [5, 5.41) is 15.2. The first kappa shape index (κ1) is 9.77. The molecule has 72 valence electrons. The van der Waals surface area contributed by atoms with E-state index in [2.05, 4.69) is 24.0 Å². The van der Waals surface area contributed by atoms with Crippen LogP contribution < -0.4 is 0 Å². The third-order valence-corrected chi connectivity index (χ3v) is 1.93. The third-order valence-electron chi connectivity index (χ3n) is 1.93. The van der Waals surface area contributed by atoms with Gasteiger partial charge in [0.1, 0.15) is 0 Å². The van der Waals surface area contributed by atoms with Crippen LogP contribution in [0.4, 0.5) is 0 Å². The van der Waals surface area contributed by atoms with E-state index in [-0.39, 0.29) is 5.69 Å². The lowest BCUT2D eigenvalue weighted by Gasteiger charge is -2.02. The Bertz CT molecular complexity index is 315. The van der Waals surface area contributed by atoms with Crippen molar-refractivity contribution in [3.8, 4) is 0 Å². The van der Waals surface area contributed by atoms with Crippen molar-refractivity contribution < 1.29 is 9.90 Å². The first-order valence-electron chi connectivity index (χ1n) is 4.29. The zero-order valence-corrected chi connectivity index (χ0v) is 8.09. The van der Waals surface area contributed by atoms with E-state index in [1.165, 1.54) is 0 Å². The molecule has 0 aliphatic rings. The molecule has 0 aromatic carbocycles. The number of carboxylic acids is 1. The van der Waals surface area contributed by atoms with Crippen molar-refractivity contribution in [3.63, 3.8) is 0 Å².